The molecule has 3 rings (SSSR count). The van der Waals surface area contributed by atoms with Crippen LogP contribution in [0.15, 0.2) is 35.5 Å². The SMILES string of the molecule is O=C(O)C1CCCN1C(=O)C1CC(c2ccccc2)=NO1. The first-order valence-corrected chi connectivity index (χ1v) is 6.98. The number of nitrogens with zero attached hydrogens (tertiary/aromatic N) is 2. The third-order valence-electron chi connectivity index (χ3n) is 3.87. The maximum Gasteiger partial charge on any atom is 0.326 e. The second-order valence-electron chi connectivity index (χ2n) is 5.23. The minimum Gasteiger partial charge on any atom is -0.480 e. The van der Waals surface area contributed by atoms with Crippen LogP contribution in [0.3, 0.4) is 0 Å². The van der Waals surface area contributed by atoms with Crippen molar-refractivity contribution >= 4 is 17.6 Å². The minimum atomic E-state index is -0.956. The highest BCUT2D eigenvalue weighted by Gasteiger charge is 2.40. The van der Waals surface area contributed by atoms with Crippen molar-refractivity contribution in [2.24, 2.45) is 5.16 Å². The Labute approximate surface area is 122 Å². The van der Waals surface area contributed by atoms with E-state index >= 15 is 0 Å². The number of aliphatic carboxylic acids is 1. The molecule has 21 heavy (non-hydrogen) atoms. The maximum atomic E-state index is 12.4. The summed E-state index contributed by atoms with van der Waals surface area (Å²) in [5.41, 5.74) is 1.64. The van der Waals surface area contributed by atoms with E-state index in [1.54, 1.807) is 0 Å². The van der Waals surface area contributed by atoms with E-state index in [1.807, 2.05) is 30.3 Å². The number of benzene rings is 1. The lowest BCUT2D eigenvalue weighted by atomic mass is 10.0. The number of carbonyl (C=O) groups is 2. The molecule has 1 fully saturated rings. The van der Waals surface area contributed by atoms with Gasteiger partial charge in [0.15, 0.2) is 0 Å². The van der Waals surface area contributed by atoms with Gasteiger partial charge in [0.25, 0.3) is 5.91 Å². The van der Waals surface area contributed by atoms with E-state index in [4.69, 9.17) is 9.94 Å². The van der Waals surface area contributed by atoms with Crippen LogP contribution in [-0.4, -0.2) is 46.3 Å². The Kier molecular flexibility index (Phi) is 3.60. The van der Waals surface area contributed by atoms with E-state index in [0.29, 0.717) is 25.8 Å². The van der Waals surface area contributed by atoms with Crippen LogP contribution in [0.1, 0.15) is 24.8 Å². The highest BCUT2D eigenvalue weighted by atomic mass is 16.6. The summed E-state index contributed by atoms with van der Waals surface area (Å²) in [6.07, 6.45) is 0.883. The Morgan fingerprint density at radius 2 is 2.05 bits per heavy atom. The van der Waals surface area contributed by atoms with Crippen LogP contribution in [-0.2, 0) is 14.4 Å². The van der Waals surface area contributed by atoms with Gasteiger partial charge in [-0.3, -0.25) is 4.79 Å². The Bertz CT molecular complexity index is 585. The van der Waals surface area contributed by atoms with Crippen molar-refractivity contribution in [3.63, 3.8) is 0 Å². The number of hydrogen-bond acceptors (Lipinski definition) is 4. The molecule has 2 unspecified atom stereocenters. The number of rotatable bonds is 3. The molecule has 0 bridgehead atoms. The Balaban J connectivity index is 1.67. The third kappa shape index (κ3) is 2.61. The molecule has 1 amide bonds. The highest BCUT2D eigenvalue weighted by Crippen LogP contribution is 2.23. The molecule has 6 nitrogen and oxygen atoms in total. The van der Waals surface area contributed by atoms with Gasteiger partial charge >= 0.3 is 5.97 Å². The normalized spacial score (nSPS) is 24.6. The average Bonchev–Trinajstić information content (AvgIpc) is 3.17. The molecule has 1 N–H and O–H groups in total. The summed E-state index contributed by atoms with van der Waals surface area (Å²) in [6.45, 7) is 0.469. The van der Waals surface area contributed by atoms with Crippen LogP contribution in [0, 0.1) is 0 Å². The van der Waals surface area contributed by atoms with Gasteiger partial charge in [-0.15, -0.1) is 0 Å². The van der Waals surface area contributed by atoms with Gasteiger partial charge in [-0.1, -0.05) is 35.5 Å². The lowest BCUT2D eigenvalue weighted by Gasteiger charge is -2.23. The Morgan fingerprint density at radius 3 is 2.76 bits per heavy atom. The van der Waals surface area contributed by atoms with Crippen LogP contribution in [0.5, 0.6) is 0 Å². The first-order chi connectivity index (χ1) is 10.2. The van der Waals surface area contributed by atoms with E-state index in [0.717, 1.165) is 11.3 Å². The Morgan fingerprint density at radius 1 is 1.29 bits per heavy atom. The van der Waals surface area contributed by atoms with E-state index in [1.165, 1.54) is 4.90 Å². The zero-order chi connectivity index (χ0) is 14.8. The monoisotopic (exact) mass is 288 g/mol. The van der Waals surface area contributed by atoms with Gasteiger partial charge < -0.3 is 14.8 Å². The molecule has 2 heterocycles. The molecule has 0 saturated carbocycles. The van der Waals surface area contributed by atoms with Gasteiger partial charge in [0.05, 0.1) is 5.71 Å². The first kappa shape index (κ1) is 13.6. The topological polar surface area (TPSA) is 79.2 Å². The second-order valence-corrected chi connectivity index (χ2v) is 5.23. The van der Waals surface area contributed by atoms with Gasteiger partial charge in [0, 0.05) is 13.0 Å². The van der Waals surface area contributed by atoms with Crippen LogP contribution in [0.2, 0.25) is 0 Å². The fraction of sp³-hybridized carbons (Fsp3) is 0.400. The van der Waals surface area contributed by atoms with Gasteiger partial charge in [-0.25, -0.2) is 4.79 Å². The largest absolute Gasteiger partial charge is 0.480 e. The first-order valence-electron chi connectivity index (χ1n) is 6.98. The molecule has 1 saturated heterocycles. The summed E-state index contributed by atoms with van der Waals surface area (Å²) >= 11 is 0. The van der Waals surface area contributed by atoms with Crippen molar-refractivity contribution in [2.75, 3.05) is 6.54 Å². The van der Waals surface area contributed by atoms with E-state index in [2.05, 4.69) is 5.16 Å². The molecule has 110 valence electrons. The zero-order valence-corrected chi connectivity index (χ0v) is 11.4. The van der Waals surface area contributed by atoms with Crippen LogP contribution >= 0.6 is 0 Å². The number of carbonyl (C=O) groups excluding carboxylic acids is 1. The van der Waals surface area contributed by atoms with Gasteiger partial charge in [-0.2, -0.15) is 0 Å². The number of likely N-dealkylation sites (tertiary alicyclic amines) is 1. The highest BCUT2D eigenvalue weighted by molar-refractivity contribution is 6.04. The van der Waals surface area contributed by atoms with Crippen LogP contribution in [0.4, 0.5) is 0 Å². The second kappa shape index (κ2) is 5.55. The van der Waals surface area contributed by atoms with Crippen molar-refractivity contribution in [1.29, 1.82) is 0 Å². The quantitative estimate of drug-likeness (QED) is 0.908. The fourth-order valence-corrected chi connectivity index (χ4v) is 2.78. The van der Waals surface area contributed by atoms with Crippen molar-refractivity contribution in [1.82, 2.24) is 4.90 Å². The van der Waals surface area contributed by atoms with Gasteiger partial charge in [-0.05, 0) is 18.4 Å². The molecular weight excluding hydrogens is 272 g/mol. The van der Waals surface area contributed by atoms with Crippen molar-refractivity contribution in [2.45, 2.75) is 31.4 Å². The number of carboxylic acid groups (broad SMARTS) is 1. The molecule has 0 aliphatic carbocycles. The number of amides is 1. The number of hydrogen-bond donors (Lipinski definition) is 1. The summed E-state index contributed by atoms with van der Waals surface area (Å²) < 4.78 is 0. The van der Waals surface area contributed by atoms with Gasteiger partial charge in [0.2, 0.25) is 6.10 Å². The lowest BCUT2D eigenvalue weighted by Crippen LogP contribution is -2.45. The van der Waals surface area contributed by atoms with E-state index in [-0.39, 0.29) is 5.91 Å². The molecule has 0 spiro atoms. The summed E-state index contributed by atoms with van der Waals surface area (Å²) in [4.78, 5) is 30.2. The third-order valence-corrected chi connectivity index (χ3v) is 3.87. The van der Waals surface area contributed by atoms with Crippen LogP contribution < -0.4 is 0 Å². The molecule has 1 aromatic rings. The standard InChI is InChI=1S/C15H16N2O4/c18-14(17-8-4-7-12(17)15(19)20)13-9-11(16-21-13)10-5-2-1-3-6-10/h1-3,5-6,12-13H,4,7-9H2,(H,19,20). The average molecular weight is 288 g/mol. The number of oxime groups is 1. The minimum absolute atomic E-state index is 0.283. The molecule has 1 aromatic carbocycles. The summed E-state index contributed by atoms with van der Waals surface area (Å²) in [6, 6.07) is 8.78. The predicted molar refractivity (Wildman–Crippen MR) is 74.8 cm³/mol. The van der Waals surface area contributed by atoms with Gasteiger partial charge in [0.1, 0.15) is 6.04 Å². The molecule has 2 aliphatic rings. The van der Waals surface area contributed by atoms with Crippen molar-refractivity contribution < 1.29 is 19.5 Å². The predicted octanol–water partition coefficient (Wildman–Crippen LogP) is 1.26. The molecule has 6 heteroatoms. The van der Waals surface area contributed by atoms with Crippen molar-refractivity contribution in [3.8, 4) is 0 Å². The molecule has 0 aromatic heterocycles. The maximum absolute atomic E-state index is 12.4. The Hall–Kier alpha value is -2.37. The van der Waals surface area contributed by atoms with E-state index in [9.17, 15) is 9.59 Å². The number of carboxylic acids is 1. The summed E-state index contributed by atoms with van der Waals surface area (Å²) in [5, 5.41) is 13.1. The molecule has 0 radical (unpaired) electrons. The molecular formula is C15H16N2O4. The van der Waals surface area contributed by atoms with E-state index < -0.39 is 18.1 Å². The zero-order valence-electron chi connectivity index (χ0n) is 11.4. The fourth-order valence-electron chi connectivity index (χ4n) is 2.78. The van der Waals surface area contributed by atoms with Crippen LogP contribution in [0.25, 0.3) is 0 Å². The molecule has 2 aliphatic heterocycles. The van der Waals surface area contributed by atoms with Crippen molar-refractivity contribution in [3.05, 3.63) is 35.9 Å². The molecule has 2 atom stereocenters. The lowest BCUT2D eigenvalue weighted by molar-refractivity contribution is -0.153. The summed E-state index contributed by atoms with van der Waals surface area (Å²) in [7, 11) is 0. The smallest absolute Gasteiger partial charge is 0.326 e. The summed E-state index contributed by atoms with van der Waals surface area (Å²) in [5.74, 6) is -1.24.